The highest BCUT2D eigenvalue weighted by Crippen LogP contribution is 2.28. The van der Waals surface area contributed by atoms with E-state index in [1.165, 1.54) is 11.0 Å². The number of rotatable bonds is 8. The molecule has 1 aromatic carbocycles. The summed E-state index contributed by atoms with van der Waals surface area (Å²) in [6.07, 6.45) is 1.86. The Kier molecular flexibility index (Phi) is 6.56. The number of furan rings is 1. The molecule has 0 spiro atoms. The fourth-order valence-electron chi connectivity index (χ4n) is 2.80. The Labute approximate surface area is 181 Å². The van der Waals surface area contributed by atoms with Gasteiger partial charge in [0.15, 0.2) is 11.5 Å². The minimum Gasteiger partial charge on any atom is -0.479 e. The number of ether oxygens (including phenoxy) is 1. The number of nitro groups is 1. The fraction of sp³-hybridized carbons (Fsp3) is 0.300. The SMILES string of the molecule is CCn1cc(Br)c(CN(C)C(=O)c2ccc(COc3ccc(C)cc3[N+](=O)[O-])o2)n1. The molecule has 0 saturated carbocycles. The molecule has 9 nitrogen and oxygen atoms in total. The zero-order valence-corrected chi connectivity index (χ0v) is 18.4. The second kappa shape index (κ2) is 9.12. The van der Waals surface area contributed by atoms with Crippen molar-refractivity contribution in [1.82, 2.24) is 14.7 Å². The molecule has 3 aromatic rings. The molecule has 0 aliphatic heterocycles. The van der Waals surface area contributed by atoms with Crippen LogP contribution in [0.25, 0.3) is 0 Å². The van der Waals surface area contributed by atoms with Gasteiger partial charge in [-0.25, -0.2) is 0 Å². The lowest BCUT2D eigenvalue weighted by Crippen LogP contribution is -2.26. The van der Waals surface area contributed by atoms with Crippen molar-refractivity contribution >= 4 is 27.5 Å². The Balaban J connectivity index is 1.65. The number of aromatic nitrogens is 2. The maximum atomic E-state index is 12.7. The van der Waals surface area contributed by atoms with E-state index in [9.17, 15) is 14.9 Å². The molecule has 0 bridgehead atoms. The molecule has 10 heteroatoms. The van der Waals surface area contributed by atoms with E-state index in [1.54, 1.807) is 42.9 Å². The second-order valence-corrected chi connectivity index (χ2v) is 7.58. The molecule has 0 N–H and O–H groups in total. The Hall–Kier alpha value is -3.14. The van der Waals surface area contributed by atoms with Crippen molar-refractivity contribution in [1.29, 1.82) is 0 Å². The predicted octanol–water partition coefficient (Wildman–Crippen LogP) is 4.33. The van der Waals surface area contributed by atoms with Crippen molar-refractivity contribution < 1.29 is 18.9 Å². The Bertz CT molecular complexity index is 1080. The Morgan fingerprint density at radius 3 is 2.80 bits per heavy atom. The molecular formula is C20H21BrN4O5. The standard InChI is InChI=1S/C20H21BrN4O5/c1-4-24-10-15(21)16(22-24)11-23(3)20(26)19-8-6-14(30-19)12-29-18-7-5-13(2)9-17(18)25(27)28/h5-10H,4,11-12H2,1-3H3. The first-order valence-electron chi connectivity index (χ1n) is 9.22. The van der Waals surface area contributed by atoms with Crippen LogP contribution in [0.5, 0.6) is 5.75 Å². The highest BCUT2D eigenvalue weighted by molar-refractivity contribution is 9.10. The molecule has 0 unspecified atom stereocenters. The van der Waals surface area contributed by atoms with Crippen LogP contribution in [0.4, 0.5) is 5.69 Å². The largest absolute Gasteiger partial charge is 0.479 e. The van der Waals surface area contributed by atoms with Crippen LogP contribution in [0.1, 0.15) is 34.5 Å². The van der Waals surface area contributed by atoms with Gasteiger partial charge in [-0.05, 0) is 53.5 Å². The van der Waals surface area contributed by atoms with E-state index in [0.29, 0.717) is 12.3 Å². The Morgan fingerprint density at radius 2 is 2.13 bits per heavy atom. The molecule has 1 amide bonds. The number of carbonyl (C=O) groups is 1. The van der Waals surface area contributed by atoms with Crippen LogP contribution in [0.2, 0.25) is 0 Å². The van der Waals surface area contributed by atoms with Gasteiger partial charge in [0.2, 0.25) is 0 Å². The molecular weight excluding hydrogens is 456 g/mol. The van der Waals surface area contributed by atoms with Crippen LogP contribution in [0, 0.1) is 17.0 Å². The van der Waals surface area contributed by atoms with E-state index in [0.717, 1.165) is 22.3 Å². The van der Waals surface area contributed by atoms with Crippen molar-refractivity contribution in [2.24, 2.45) is 0 Å². The molecule has 0 aliphatic rings. The van der Waals surface area contributed by atoms with E-state index >= 15 is 0 Å². The van der Waals surface area contributed by atoms with E-state index in [-0.39, 0.29) is 29.7 Å². The first-order valence-corrected chi connectivity index (χ1v) is 10.0. The van der Waals surface area contributed by atoms with Gasteiger partial charge in [-0.3, -0.25) is 19.6 Å². The van der Waals surface area contributed by atoms with E-state index < -0.39 is 4.92 Å². The van der Waals surface area contributed by atoms with Crippen molar-refractivity contribution in [3.8, 4) is 5.75 Å². The topological polar surface area (TPSA) is 104 Å². The van der Waals surface area contributed by atoms with Crippen LogP contribution in [-0.4, -0.2) is 32.6 Å². The summed E-state index contributed by atoms with van der Waals surface area (Å²) in [5.74, 6) is 0.377. The van der Waals surface area contributed by atoms with E-state index in [4.69, 9.17) is 9.15 Å². The lowest BCUT2D eigenvalue weighted by Gasteiger charge is -2.14. The molecule has 3 rings (SSSR count). The number of carbonyl (C=O) groups excluding carboxylic acids is 1. The maximum Gasteiger partial charge on any atom is 0.311 e. The second-order valence-electron chi connectivity index (χ2n) is 6.72. The third kappa shape index (κ3) is 4.88. The number of nitro benzene ring substituents is 1. The van der Waals surface area contributed by atoms with Crippen LogP contribution in [0.15, 0.2) is 45.4 Å². The van der Waals surface area contributed by atoms with E-state index in [2.05, 4.69) is 21.0 Å². The molecule has 30 heavy (non-hydrogen) atoms. The molecule has 0 atom stereocenters. The van der Waals surface area contributed by atoms with Crippen molar-refractivity contribution in [3.63, 3.8) is 0 Å². The summed E-state index contributed by atoms with van der Waals surface area (Å²) in [4.78, 5) is 24.9. The quantitative estimate of drug-likeness (QED) is 0.354. The van der Waals surface area contributed by atoms with E-state index in [1.807, 2.05) is 13.1 Å². The number of hydrogen-bond donors (Lipinski definition) is 0. The van der Waals surface area contributed by atoms with Gasteiger partial charge in [-0.15, -0.1) is 0 Å². The first-order chi connectivity index (χ1) is 14.3. The number of benzene rings is 1. The number of aryl methyl sites for hydroxylation is 2. The minimum absolute atomic E-state index is 0.0344. The molecule has 0 saturated heterocycles. The molecule has 2 aromatic heterocycles. The molecule has 0 aliphatic carbocycles. The zero-order chi connectivity index (χ0) is 21.8. The number of amides is 1. The van der Waals surface area contributed by atoms with Gasteiger partial charge in [0.1, 0.15) is 12.4 Å². The third-order valence-corrected chi connectivity index (χ3v) is 5.06. The predicted molar refractivity (Wildman–Crippen MR) is 112 cm³/mol. The van der Waals surface area contributed by atoms with Gasteiger partial charge in [-0.1, -0.05) is 6.07 Å². The van der Waals surface area contributed by atoms with Gasteiger partial charge >= 0.3 is 5.69 Å². The number of nitrogens with zero attached hydrogens (tertiary/aromatic N) is 4. The molecule has 0 radical (unpaired) electrons. The number of hydrogen-bond acceptors (Lipinski definition) is 6. The van der Waals surface area contributed by atoms with Gasteiger partial charge in [-0.2, -0.15) is 5.10 Å². The maximum absolute atomic E-state index is 12.7. The van der Waals surface area contributed by atoms with Gasteiger partial charge in [0.05, 0.1) is 21.6 Å². The average Bonchev–Trinajstić information content (AvgIpc) is 3.33. The average molecular weight is 477 g/mol. The van der Waals surface area contributed by atoms with Gasteiger partial charge < -0.3 is 14.1 Å². The molecule has 0 fully saturated rings. The summed E-state index contributed by atoms with van der Waals surface area (Å²) < 4.78 is 13.7. The summed E-state index contributed by atoms with van der Waals surface area (Å²) in [5.41, 5.74) is 1.39. The normalized spacial score (nSPS) is 10.8. The first kappa shape index (κ1) is 21.6. The summed E-state index contributed by atoms with van der Waals surface area (Å²) in [6, 6.07) is 7.89. The summed E-state index contributed by atoms with van der Waals surface area (Å²) in [6.45, 7) is 4.76. The number of halogens is 1. The van der Waals surface area contributed by atoms with Crippen molar-refractivity contribution in [2.45, 2.75) is 33.5 Å². The van der Waals surface area contributed by atoms with Crippen LogP contribution >= 0.6 is 15.9 Å². The zero-order valence-electron chi connectivity index (χ0n) is 16.8. The summed E-state index contributed by atoms with van der Waals surface area (Å²) >= 11 is 3.45. The fourth-order valence-corrected chi connectivity index (χ4v) is 3.24. The highest BCUT2D eigenvalue weighted by atomic mass is 79.9. The van der Waals surface area contributed by atoms with Crippen LogP contribution in [0.3, 0.4) is 0 Å². The van der Waals surface area contributed by atoms with Crippen LogP contribution < -0.4 is 4.74 Å². The summed E-state index contributed by atoms with van der Waals surface area (Å²) in [5, 5.41) is 15.6. The third-order valence-electron chi connectivity index (χ3n) is 4.40. The van der Waals surface area contributed by atoms with Crippen molar-refractivity contribution in [3.05, 3.63) is 73.9 Å². The Morgan fingerprint density at radius 1 is 1.37 bits per heavy atom. The summed E-state index contributed by atoms with van der Waals surface area (Å²) in [7, 11) is 1.66. The van der Waals surface area contributed by atoms with Gasteiger partial charge in [0.25, 0.3) is 5.91 Å². The van der Waals surface area contributed by atoms with Crippen molar-refractivity contribution in [2.75, 3.05) is 7.05 Å². The minimum atomic E-state index is -0.494. The lowest BCUT2D eigenvalue weighted by atomic mass is 10.2. The smallest absolute Gasteiger partial charge is 0.311 e. The van der Waals surface area contributed by atoms with Crippen LogP contribution in [-0.2, 0) is 19.7 Å². The molecule has 2 heterocycles. The van der Waals surface area contributed by atoms with Gasteiger partial charge in [0, 0.05) is 25.9 Å². The monoisotopic (exact) mass is 476 g/mol. The molecule has 158 valence electrons. The highest BCUT2D eigenvalue weighted by Gasteiger charge is 2.20. The lowest BCUT2D eigenvalue weighted by molar-refractivity contribution is -0.386.